The lowest BCUT2D eigenvalue weighted by Crippen LogP contribution is -2.24. The molecule has 106 valence electrons. The number of ether oxygens (including phenoxy) is 1. The van der Waals surface area contributed by atoms with Crippen LogP contribution in [0.4, 0.5) is 8.78 Å². The highest BCUT2D eigenvalue weighted by Gasteiger charge is 2.09. The SMILES string of the molecule is CNCCCC(=O)NCc1ccccc1OC(F)F. The predicted octanol–water partition coefficient (Wildman–Crippen LogP) is 1.90. The molecule has 0 saturated carbocycles. The minimum absolute atomic E-state index is 0.0908. The number of hydrogen-bond donors (Lipinski definition) is 2. The number of rotatable bonds is 8. The maximum Gasteiger partial charge on any atom is 0.387 e. The molecule has 19 heavy (non-hydrogen) atoms. The Morgan fingerprint density at radius 1 is 1.37 bits per heavy atom. The Labute approximate surface area is 111 Å². The summed E-state index contributed by atoms with van der Waals surface area (Å²) < 4.78 is 28.8. The molecule has 0 fully saturated rings. The zero-order valence-corrected chi connectivity index (χ0v) is 10.8. The van der Waals surface area contributed by atoms with Gasteiger partial charge in [-0.2, -0.15) is 8.78 Å². The zero-order valence-electron chi connectivity index (χ0n) is 10.8. The van der Waals surface area contributed by atoms with Gasteiger partial charge in [0.25, 0.3) is 0 Å². The second-order valence-corrected chi connectivity index (χ2v) is 3.97. The lowest BCUT2D eigenvalue weighted by atomic mass is 10.2. The number of benzene rings is 1. The topological polar surface area (TPSA) is 50.4 Å². The zero-order chi connectivity index (χ0) is 14.1. The smallest absolute Gasteiger partial charge is 0.387 e. The molecule has 0 radical (unpaired) electrons. The standard InChI is InChI=1S/C13H18F2N2O2/c1-16-8-4-7-12(18)17-9-10-5-2-3-6-11(10)19-13(14)15/h2-3,5-6,13,16H,4,7-9H2,1H3,(H,17,18). The van der Waals surface area contributed by atoms with E-state index in [2.05, 4.69) is 15.4 Å². The summed E-state index contributed by atoms with van der Waals surface area (Å²) in [6.45, 7) is -1.92. The van der Waals surface area contributed by atoms with Gasteiger partial charge in [0, 0.05) is 18.5 Å². The summed E-state index contributed by atoms with van der Waals surface area (Å²) in [5.41, 5.74) is 0.532. The van der Waals surface area contributed by atoms with Gasteiger partial charge in [0.15, 0.2) is 0 Å². The van der Waals surface area contributed by atoms with E-state index in [4.69, 9.17) is 0 Å². The number of para-hydroxylation sites is 1. The van der Waals surface area contributed by atoms with Crippen LogP contribution in [-0.4, -0.2) is 26.1 Å². The van der Waals surface area contributed by atoms with Crippen molar-refractivity contribution in [2.45, 2.75) is 26.0 Å². The van der Waals surface area contributed by atoms with Gasteiger partial charge >= 0.3 is 6.61 Å². The third-order valence-corrected chi connectivity index (χ3v) is 2.50. The fourth-order valence-electron chi connectivity index (χ4n) is 1.57. The van der Waals surface area contributed by atoms with E-state index >= 15 is 0 Å². The van der Waals surface area contributed by atoms with E-state index in [-0.39, 0.29) is 18.2 Å². The van der Waals surface area contributed by atoms with Crippen LogP contribution in [0.1, 0.15) is 18.4 Å². The van der Waals surface area contributed by atoms with Crippen LogP contribution in [-0.2, 0) is 11.3 Å². The summed E-state index contributed by atoms with van der Waals surface area (Å²) in [5.74, 6) is -0.0184. The molecule has 0 unspecified atom stereocenters. The van der Waals surface area contributed by atoms with Crippen LogP contribution in [0.15, 0.2) is 24.3 Å². The summed E-state index contributed by atoms with van der Waals surface area (Å²) in [6, 6.07) is 6.41. The first kappa shape index (κ1) is 15.4. The van der Waals surface area contributed by atoms with Crippen LogP contribution in [0.5, 0.6) is 5.75 Å². The Hall–Kier alpha value is -1.69. The highest BCUT2D eigenvalue weighted by Crippen LogP contribution is 2.19. The molecule has 0 aliphatic rings. The van der Waals surface area contributed by atoms with E-state index < -0.39 is 6.61 Å². The first-order chi connectivity index (χ1) is 9.13. The van der Waals surface area contributed by atoms with Gasteiger partial charge < -0.3 is 15.4 Å². The third kappa shape index (κ3) is 6.15. The largest absolute Gasteiger partial charge is 0.434 e. The highest BCUT2D eigenvalue weighted by molar-refractivity contribution is 5.75. The summed E-state index contributed by atoms with van der Waals surface area (Å²) in [7, 11) is 1.82. The Kier molecular flexibility index (Phi) is 6.81. The van der Waals surface area contributed by atoms with Crippen LogP contribution in [0.2, 0.25) is 0 Å². The molecule has 0 aliphatic heterocycles. The molecule has 1 aromatic rings. The lowest BCUT2D eigenvalue weighted by molar-refractivity contribution is -0.121. The average molecular weight is 272 g/mol. The van der Waals surface area contributed by atoms with Gasteiger partial charge in [-0.15, -0.1) is 0 Å². The van der Waals surface area contributed by atoms with Gasteiger partial charge in [0.1, 0.15) is 5.75 Å². The average Bonchev–Trinajstić information content (AvgIpc) is 2.37. The highest BCUT2D eigenvalue weighted by atomic mass is 19.3. The van der Waals surface area contributed by atoms with Crippen molar-refractivity contribution in [3.8, 4) is 5.75 Å². The molecule has 0 atom stereocenters. The van der Waals surface area contributed by atoms with Crippen molar-refractivity contribution < 1.29 is 18.3 Å². The van der Waals surface area contributed by atoms with Crippen molar-refractivity contribution in [3.05, 3.63) is 29.8 Å². The Bertz CT molecular complexity index is 400. The first-order valence-corrected chi connectivity index (χ1v) is 6.07. The number of nitrogens with one attached hydrogen (secondary N) is 2. The van der Waals surface area contributed by atoms with Gasteiger partial charge in [-0.05, 0) is 26.1 Å². The van der Waals surface area contributed by atoms with Crippen LogP contribution in [0.25, 0.3) is 0 Å². The van der Waals surface area contributed by atoms with Crippen molar-refractivity contribution in [2.75, 3.05) is 13.6 Å². The van der Waals surface area contributed by atoms with E-state index in [1.165, 1.54) is 6.07 Å². The molecule has 0 aromatic heterocycles. The quantitative estimate of drug-likeness (QED) is 0.711. The van der Waals surface area contributed by atoms with E-state index in [0.29, 0.717) is 12.0 Å². The van der Waals surface area contributed by atoms with Gasteiger partial charge in [-0.1, -0.05) is 18.2 Å². The molecule has 6 heteroatoms. The molecule has 0 saturated heterocycles. The fourth-order valence-corrected chi connectivity index (χ4v) is 1.57. The molecule has 4 nitrogen and oxygen atoms in total. The summed E-state index contributed by atoms with van der Waals surface area (Å²) in [5, 5.41) is 5.62. The van der Waals surface area contributed by atoms with Crippen LogP contribution >= 0.6 is 0 Å². The fraction of sp³-hybridized carbons (Fsp3) is 0.462. The predicted molar refractivity (Wildman–Crippen MR) is 68.1 cm³/mol. The van der Waals surface area contributed by atoms with Crippen molar-refractivity contribution in [1.29, 1.82) is 0 Å². The summed E-state index contributed by atoms with van der Waals surface area (Å²) in [4.78, 5) is 11.5. The molecule has 1 rings (SSSR count). The van der Waals surface area contributed by atoms with Gasteiger partial charge in [0.2, 0.25) is 5.91 Å². The second kappa shape index (κ2) is 8.42. The van der Waals surface area contributed by atoms with Crippen molar-refractivity contribution >= 4 is 5.91 Å². The molecule has 0 heterocycles. The normalized spacial score (nSPS) is 10.5. The summed E-state index contributed by atoms with van der Waals surface area (Å²) >= 11 is 0. The molecule has 0 spiro atoms. The Morgan fingerprint density at radius 2 is 2.11 bits per heavy atom. The van der Waals surface area contributed by atoms with E-state index in [0.717, 1.165) is 13.0 Å². The molecule has 2 N–H and O–H groups in total. The second-order valence-electron chi connectivity index (χ2n) is 3.97. The maximum absolute atomic E-state index is 12.2. The van der Waals surface area contributed by atoms with E-state index in [1.807, 2.05) is 7.05 Å². The molecule has 0 aliphatic carbocycles. The summed E-state index contributed by atoms with van der Waals surface area (Å²) in [6.07, 6.45) is 1.14. The Balaban J connectivity index is 2.46. The first-order valence-electron chi connectivity index (χ1n) is 6.07. The van der Waals surface area contributed by atoms with Gasteiger partial charge in [0.05, 0.1) is 0 Å². The lowest BCUT2D eigenvalue weighted by Gasteiger charge is -2.11. The van der Waals surface area contributed by atoms with E-state index in [1.54, 1.807) is 18.2 Å². The molecular formula is C13H18F2N2O2. The van der Waals surface area contributed by atoms with Crippen LogP contribution < -0.4 is 15.4 Å². The number of halogens is 2. The van der Waals surface area contributed by atoms with Gasteiger partial charge in [-0.25, -0.2) is 0 Å². The number of carbonyl (C=O) groups is 1. The monoisotopic (exact) mass is 272 g/mol. The number of hydrogen-bond acceptors (Lipinski definition) is 3. The molecule has 0 bridgehead atoms. The maximum atomic E-state index is 12.2. The van der Waals surface area contributed by atoms with Crippen LogP contribution in [0, 0.1) is 0 Å². The third-order valence-electron chi connectivity index (χ3n) is 2.50. The minimum atomic E-state index is -2.87. The number of amides is 1. The van der Waals surface area contributed by atoms with Crippen molar-refractivity contribution in [2.24, 2.45) is 0 Å². The molecule has 1 amide bonds. The molecule has 1 aromatic carbocycles. The Morgan fingerprint density at radius 3 is 2.79 bits per heavy atom. The minimum Gasteiger partial charge on any atom is -0.434 e. The number of carbonyl (C=O) groups excluding carboxylic acids is 1. The van der Waals surface area contributed by atoms with Crippen molar-refractivity contribution in [1.82, 2.24) is 10.6 Å². The molecular weight excluding hydrogens is 254 g/mol. The van der Waals surface area contributed by atoms with Crippen LogP contribution in [0.3, 0.4) is 0 Å². The van der Waals surface area contributed by atoms with E-state index in [9.17, 15) is 13.6 Å². The van der Waals surface area contributed by atoms with Crippen molar-refractivity contribution in [3.63, 3.8) is 0 Å². The number of alkyl halides is 2. The van der Waals surface area contributed by atoms with Gasteiger partial charge in [-0.3, -0.25) is 4.79 Å².